The maximum atomic E-state index is 14.1. The fourth-order valence-electron chi connectivity index (χ4n) is 3.80. The largest absolute Gasteiger partial charge is 0.382 e. The zero-order valence-electron chi connectivity index (χ0n) is 15.3. The molecule has 6 nitrogen and oxygen atoms in total. The van der Waals surface area contributed by atoms with Crippen molar-refractivity contribution >= 4 is 22.5 Å². The number of carbonyl (C=O) groups is 1. The molecule has 8 heteroatoms. The van der Waals surface area contributed by atoms with Crippen molar-refractivity contribution in [3.05, 3.63) is 68.8 Å². The van der Waals surface area contributed by atoms with Crippen molar-refractivity contribution in [1.29, 1.82) is 0 Å². The van der Waals surface area contributed by atoms with Crippen LogP contribution in [-0.4, -0.2) is 22.4 Å². The fraction of sp³-hybridized carbons (Fsp3) is 0.250. The Bertz CT molecular complexity index is 1170. The third-order valence-corrected chi connectivity index (χ3v) is 5.10. The van der Waals surface area contributed by atoms with Gasteiger partial charge in [0.25, 0.3) is 5.56 Å². The van der Waals surface area contributed by atoms with E-state index in [0.717, 1.165) is 17.1 Å². The number of benzene rings is 1. The van der Waals surface area contributed by atoms with Gasteiger partial charge in [-0.15, -0.1) is 0 Å². The van der Waals surface area contributed by atoms with Crippen molar-refractivity contribution in [2.45, 2.75) is 26.3 Å². The molecule has 1 amide bonds. The van der Waals surface area contributed by atoms with Crippen LogP contribution in [0.15, 0.2) is 29.2 Å². The first-order valence-corrected chi connectivity index (χ1v) is 8.84. The minimum absolute atomic E-state index is 0.153. The quantitative estimate of drug-likeness (QED) is 0.648. The van der Waals surface area contributed by atoms with Crippen molar-refractivity contribution in [3.63, 3.8) is 0 Å². The van der Waals surface area contributed by atoms with E-state index in [-0.39, 0.29) is 24.1 Å². The minimum Gasteiger partial charge on any atom is -0.382 e. The molecule has 0 spiro atoms. The van der Waals surface area contributed by atoms with E-state index < -0.39 is 23.6 Å². The van der Waals surface area contributed by atoms with Crippen LogP contribution >= 0.6 is 0 Å². The zero-order chi connectivity index (χ0) is 20.0. The zero-order valence-corrected chi connectivity index (χ0v) is 15.3. The number of fused-ring (bicyclic) bond motifs is 2. The number of rotatable bonds is 3. The monoisotopic (exact) mass is 384 g/mol. The van der Waals surface area contributed by atoms with Crippen molar-refractivity contribution in [2.24, 2.45) is 0 Å². The van der Waals surface area contributed by atoms with E-state index in [2.05, 4.69) is 20.6 Å². The molecule has 1 aliphatic heterocycles. The first-order chi connectivity index (χ1) is 13.3. The molecule has 0 fully saturated rings. The predicted molar refractivity (Wildman–Crippen MR) is 101 cm³/mol. The van der Waals surface area contributed by atoms with Gasteiger partial charge in [-0.05, 0) is 31.5 Å². The number of carbonyl (C=O) groups excluding carboxylic acids is 1. The van der Waals surface area contributed by atoms with Gasteiger partial charge in [-0.2, -0.15) is 0 Å². The van der Waals surface area contributed by atoms with E-state index >= 15 is 0 Å². The standard InChI is InChI=1S/C20H18F2N4O2/c1-9-12(20(28)26-14-3-4-23-10(2)18(9)14)7-17(27)25-16-8-24-15-6-11(21)5-13(22)19(15)16/h3-6,16,24H,7-8H2,1-2H3,(H,25,27)(H,26,28)/t16-/m1/s1. The van der Waals surface area contributed by atoms with Gasteiger partial charge < -0.3 is 15.6 Å². The first-order valence-electron chi connectivity index (χ1n) is 8.84. The molecule has 0 bridgehead atoms. The number of H-pyrrole nitrogens is 1. The molecule has 1 atom stereocenters. The van der Waals surface area contributed by atoms with E-state index in [1.165, 1.54) is 6.07 Å². The molecule has 1 aromatic carbocycles. The Morgan fingerprint density at radius 2 is 2.11 bits per heavy atom. The molecule has 0 aliphatic carbocycles. The highest BCUT2D eigenvalue weighted by atomic mass is 19.1. The van der Waals surface area contributed by atoms with Crippen molar-refractivity contribution < 1.29 is 13.6 Å². The molecule has 3 heterocycles. The Morgan fingerprint density at radius 1 is 1.32 bits per heavy atom. The smallest absolute Gasteiger partial charge is 0.252 e. The predicted octanol–water partition coefficient (Wildman–Crippen LogP) is 2.64. The van der Waals surface area contributed by atoms with Gasteiger partial charge in [0.2, 0.25) is 5.91 Å². The summed E-state index contributed by atoms with van der Waals surface area (Å²) in [5.74, 6) is -1.82. The van der Waals surface area contributed by atoms with Gasteiger partial charge in [0, 0.05) is 46.7 Å². The van der Waals surface area contributed by atoms with E-state index in [1.54, 1.807) is 19.2 Å². The lowest BCUT2D eigenvalue weighted by Crippen LogP contribution is -2.33. The van der Waals surface area contributed by atoms with Gasteiger partial charge in [0.15, 0.2) is 0 Å². The summed E-state index contributed by atoms with van der Waals surface area (Å²) in [6.07, 6.45) is 1.46. The maximum absolute atomic E-state index is 14.1. The van der Waals surface area contributed by atoms with E-state index in [1.807, 2.05) is 6.92 Å². The van der Waals surface area contributed by atoms with Crippen LogP contribution in [0, 0.1) is 25.5 Å². The molecule has 4 rings (SSSR count). The molecule has 144 valence electrons. The van der Waals surface area contributed by atoms with Gasteiger partial charge >= 0.3 is 0 Å². The molecule has 0 saturated carbocycles. The summed E-state index contributed by atoms with van der Waals surface area (Å²) in [6, 6.07) is 3.06. The Hall–Kier alpha value is -3.29. The summed E-state index contributed by atoms with van der Waals surface area (Å²) < 4.78 is 27.5. The second kappa shape index (κ2) is 6.70. The summed E-state index contributed by atoms with van der Waals surface area (Å²) in [5, 5.41) is 6.42. The van der Waals surface area contributed by atoms with Crippen LogP contribution in [0.25, 0.3) is 10.9 Å². The van der Waals surface area contributed by atoms with E-state index in [4.69, 9.17) is 0 Å². The van der Waals surface area contributed by atoms with Crippen LogP contribution in [0.5, 0.6) is 0 Å². The molecular weight excluding hydrogens is 366 g/mol. The molecule has 28 heavy (non-hydrogen) atoms. The number of hydrogen-bond donors (Lipinski definition) is 3. The number of halogens is 2. The summed E-state index contributed by atoms with van der Waals surface area (Å²) >= 11 is 0. The van der Waals surface area contributed by atoms with Gasteiger partial charge in [-0.3, -0.25) is 14.6 Å². The second-order valence-electron chi connectivity index (χ2n) is 6.90. The minimum atomic E-state index is -0.716. The van der Waals surface area contributed by atoms with E-state index in [0.29, 0.717) is 22.3 Å². The Kier molecular flexibility index (Phi) is 4.33. The molecule has 0 unspecified atom stereocenters. The van der Waals surface area contributed by atoms with Crippen LogP contribution in [0.1, 0.15) is 28.4 Å². The lowest BCUT2D eigenvalue weighted by atomic mass is 10.0. The molecule has 3 N–H and O–H groups in total. The fourth-order valence-corrected chi connectivity index (χ4v) is 3.80. The number of nitrogens with zero attached hydrogens (tertiary/aromatic N) is 1. The van der Waals surface area contributed by atoms with Crippen LogP contribution in [0.2, 0.25) is 0 Å². The van der Waals surface area contributed by atoms with Crippen molar-refractivity contribution in [1.82, 2.24) is 15.3 Å². The summed E-state index contributed by atoms with van der Waals surface area (Å²) in [6.45, 7) is 3.86. The number of aromatic amines is 1. The molecule has 3 aromatic rings. The lowest BCUT2D eigenvalue weighted by molar-refractivity contribution is -0.121. The number of nitrogens with one attached hydrogen (secondary N) is 3. The number of hydrogen-bond acceptors (Lipinski definition) is 4. The number of pyridine rings is 2. The molecular formula is C20H18F2N4O2. The Labute approximate surface area is 159 Å². The van der Waals surface area contributed by atoms with E-state index in [9.17, 15) is 18.4 Å². The summed E-state index contributed by atoms with van der Waals surface area (Å²) in [7, 11) is 0. The lowest BCUT2D eigenvalue weighted by Gasteiger charge is -2.15. The third kappa shape index (κ3) is 3.00. The highest BCUT2D eigenvalue weighted by Gasteiger charge is 2.28. The van der Waals surface area contributed by atoms with Gasteiger partial charge in [0.1, 0.15) is 11.6 Å². The van der Waals surface area contributed by atoms with Gasteiger partial charge in [-0.1, -0.05) is 0 Å². The number of amides is 1. The molecule has 2 aromatic heterocycles. The Morgan fingerprint density at radius 3 is 2.89 bits per heavy atom. The normalized spacial score (nSPS) is 15.4. The molecule has 0 radical (unpaired) electrons. The number of anilines is 1. The highest BCUT2D eigenvalue weighted by Crippen LogP contribution is 2.33. The van der Waals surface area contributed by atoms with Crippen molar-refractivity contribution in [3.8, 4) is 0 Å². The topological polar surface area (TPSA) is 86.9 Å². The second-order valence-corrected chi connectivity index (χ2v) is 6.90. The van der Waals surface area contributed by atoms with Crippen LogP contribution < -0.4 is 16.2 Å². The SMILES string of the molecule is Cc1nccc2[nH]c(=O)c(CC(=O)N[C@@H]3CNc4cc(F)cc(F)c43)c(C)c12. The first kappa shape index (κ1) is 18.1. The van der Waals surface area contributed by atoms with Gasteiger partial charge in [-0.25, -0.2) is 8.78 Å². The van der Waals surface area contributed by atoms with Crippen LogP contribution in [0.4, 0.5) is 14.5 Å². The Balaban J connectivity index is 1.61. The highest BCUT2D eigenvalue weighted by molar-refractivity contribution is 5.87. The molecule has 1 aliphatic rings. The average molecular weight is 384 g/mol. The number of aromatic nitrogens is 2. The molecule has 0 saturated heterocycles. The van der Waals surface area contributed by atoms with Gasteiger partial charge in [0.05, 0.1) is 18.0 Å². The van der Waals surface area contributed by atoms with Crippen LogP contribution in [-0.2, 0) is 11.2 Å². The van der Waals surface area contributed by atoms with Crippen molar-refractivity contribution in [2.75, 3.05) is 11.9 Å². The average Bonchev–Trinajstić information content (AvgIpc) is 3.01. The van der Waals surface area contributed by atoms with Crippen LogP contribution in [0.3, 0.4) is 0 Å². The summed E-state index contributed by atoms with van der Waals surface area (Å²) in [4.78, 5) is 32.1. The third-order valence-electron chi connectivity index (χ3n) is 5.10. The maximum Gasteiger partial charge on any atom is 0.252 e. The number of aryl methyl sites for hydroxylation is 2. The summed E-state index contributed by atoms with van der Waals surface area (Å²) in [5.41, 5.74) is 2.65.